The highest BCUT2D eigenvalue weighted by molar-refractivity contribution is 9.11. The van der Waals surface area contributed by atoms with Gasteiger partial charge in [0.15, 0.2) is 13.2 Å². The van der Waals surface area contributed by atoms with Crippen LogP contribution >= 0.6 is 31.9 Å². The van der Waals surface area contributed by atoms with E-state index < -0.39 is 11.8 Å². The van der Waals surface area contributed by atoms with E-state index in [0.29, 0.717) is 11.5 Å². The summed E-state index contributed by atoms with van der Waals surface area (Å²) in [7, 11) is 0. The van der Waals surface area contributed by atoms with Crippen LogP contribution in [0.2, 0.25) is 0 Å². The second-order valence-electron chi connectivity index (χ2n) is 7.83. The highest BCUT2D eigenvalue weighted by atomic mass is 79.9. The third-order valence-electron chi connectivity index (χ3n) is 5.38. The van der Waals surface area contributed by atoms with Gasteiger partial charge in [-0.2, -0.15) is 0 Å². The monoisotopic (exact) mass is 624 g/mol. The maximum Gasteiger partial charge on any atom is 0.263 e. The Bertz CT molecular complexity index is 1500. The normalized spacial score (nSPS) is 10.9. The largest absolute Gasteiger partial charge is 0.483 e. The highest BCUT2D eigenvalue weighted by Gasteiger charge is 2.17. The molecule has 0 aliphatic heterocycles. The van der Waals surface area contributed by atoms with Gasteiger partial charge >= 0.3 is 0 Å². The first kappa shape index (κ1) is 24.7. The number of nitrogens with zero attached hydrogens (tertiary/aromatic N) is 2. The topological polar surface area (TPSA) is 116 Å². The predicted molar refractivity (Wildman–Crippen MR) is 146 cm³/mol. The predicted octanol–water partition coefficient (Wildman–Crippen LogP) is 5.94. The molecule has 0 saturated carbocycles. The molecule has 0 radical (unpaired) electrons. The van der Waals surface area contributed by atoms with Crippen molar-refractivity contribution < 1.29 is 23.7 Å². The van der Waals surface area contributed by atoms with Crippen LogP contribution in [0.5, 0.6) is 11.5 Å². The Balaban J connectivity index is 1.16. The average Bonchev–Trinajstić information content (AvgIpc) is 3.34. The molecule has 186 valence electrons. The molecule has 0 fully saturated rings. The number of ether oxygens (including phenoxy) is 2. The van der Waals surface area contributed by atoms with E-state index in [4.69, 9.17) is 9.47 Å². The number of nitrogens with one attached hydrogen (secondary N) is 2. The van der Waals surface area contributed by atoms with Gasteiger partial charge in [0.05, 0.1) is 8.95 Å². The van der Waals surface area contributed by atoms with E-state index in [1.165, 1.54) is 0 Å². The molecule has 0 aliphatic rings. The molecular formula is C26H18Br2N4O5. The van der Waals surface area contributed by atoms with Crippen molar-refractivity contribution in [1.82, 2.24) is 10.3 Å². The van der Waals surface area contributed by atoms with Gasteiger partial charge in [-0.05, 0) is 75.9 Å². The van der Waals surface area contributed by atoms with E-state index in [2.05, 4.69) is 57.4 Å². The fraction of sp³-hybridized carbons (Fsp3) is 0.0769. The van der Waals surface area contributed by atoms with Gasteiger partial charge in [0.25, 0.3) is 11.8 Å². The number of hydrogen-bond donors (Lipinski definition) is 2. The van der Waals surface area contributed by atoms with Crippen LogP contribution < -0.4 is 20.1 Å². The minimum atomic E-state index is -0.511. The van der Waals surface area contributed by atoms with E-state index in [1.54, 1.807) is 12.1 Å². The Hall–Kier alpha value is -3.96. The number of carbonyl (C=O) groups is 2. The maximum absolute atomic E-state index is 12.4. The third-order valence-corrected chi connectivity index (χ3v) is 7.01. The number of carbonyl (C=O) groups excluding carboxylic acids is 2. The molecule has 1 heterocycles. The molecule has 5 rings (SSSR count). The lowest BCUT2D eigenvalue weighted by atomic mass is 10.1. The van der Waals surface area contributed by atoms with Gasteiger partial charge in [0.2, 0.25) is 11.6 Å². The van der Waals surface area contributed by atoms with Crippen LogP contribution in [0.25, 0.3) is 21.5 Å². The molecule has 5 aromatic rings. The lowest BCUT2D eigenvalue weighted by molar-refractivity contribution is -0.119. The summed E-state index contributed by atoms with van der Waals surface area (Å²) in [6.45, 7) is -0.591. The summed E-state index contributed by atoms with van der Waals surface area (Å²) in [6, 6.07) is 22.9. The Morgan fingerprint density at radius 3 is 1.57 bits per heavy atom. The second kappa shape index (κ2) is 11.0. The molecule has 0 bridgehead atoms. The van der Waals surface area contributed by atoms with Crippen LogP contribution in [0.15, 0.2) is 86.4 Å². The molecule has 0 saturated heterocycles. The van der Waals surface area contributed by atoms with Crippen LogP contribution in [0.4, 0.5) is 11.6 Å². The first-order valence-corrected chi connectivity index (χ1v) is 12.6. The fourth-order valence-electron chi connectivity index (χ4n) is 3.63. The second-order valence-corrected chi connectivity index (χ2v) is 9.42. The zero-order chi connectivity index (χ0) is 25.8. The minimum absolute atomic E-state index is 0.0496. The number of aromatic nitrogens is 2. The van der Waals surface area contributed by atoms with Crippen LogP contribution in [-0.4, -0.2) is 35.3 Å². The molecule has 2 amide bonds. The average molecular weight is 626 g/mol. The van der Waals surface area contributed by atoms with Gasteiger partial charge in [0, 0.05) is 0 Å². The smallest absolute Gasteiger partial charge is 0.263 e. The van der Waals surface area contributed by atoms with Crippen molar-refractivity contribution in [2.75, 3.05) is 23.8 Å². The van der Waals surface area contributed by atoms with E-state index in [0.717, 1.165) is 30.5 Å². The Morgan fingerprint density at radius 1 is 0.676 bits per heavy atom. The van der Waals surface area contributed by atoms with Crippen LogP contribution in [0.3, 0.4) is 0 Å². The SMILES string of the molecule is O=C(COc1ccc2ccccc2c1Br)Nc1nonc1NC(=O)COc1ccc2ccccc2c1Br. The van der Waals surface area contributed by atoms with E-state index in [-0.39, 0.29) is 24.8 Å². The summed E-state index contributed by atoms with van der Waals surface area (Å²) in [5.74, 6) is -0.0988. The van der Waals surface area contributed by atoms with Crippen molar-refractivity contribution in [2.24, 2.45) is 0 Å². The van der Waals surface area contributed by atoms with Gasteiger partial charge in [-0.1, -0.05) is 60.7 Å². The van der Waals surface area contributed by atoms with Crippen LogP contribution in [0, 0.1) is 0 Å². The molecule has 1 aromatic heterocycles. The van der Waals surface area contributed by atoms with Gasteiger partial charge in [-0.3, -0.25) is 9.59 Å². The fourth-order valence-corrected chi connectivity index (χ4v) is 4.84. The molecule has 4 aromatic carbocycles. The summed E-state index contributed by atoms with van der Waals surface area (Å²) in [6.07, 6.45) is 0. The number of fused-ring (bicyclic) bond motifs is 2. The van der Waals surface area contributed by atoms with E-state index in [9.17, 15) is 9.59 Å². The molecule has 2 N–H and O–H groups in total. The molecule has 0 unspecified atom stereocenters. The van der Waals surface area contributed by atoms with Crippen molar-refractivity contribution >= 4 is 76.9 Å². The lowest BCUT2D eigenvalue weighted by Crippen LogP contribution is -2.24. The standard InChI is InChI=1S/C26H18Br2N4O5/c27-23-17-7-3-1-5-15(17)9-11-19(23)35-13-21(33)29-25-26(32-37-31-25)30-22(34)14-36-20-12-10-16-6-2-4-8-18(16)24(20)28/h1-12H,13-14H2,(H,29,31,33)(H,30,32,34). The summed E-state index contributed by atoms with van der Waals surface area (Å²) in [5, 5.41) is 16.3. The van der Waals surface area contributed by atoms with Crippen molar-refractivity contribution in [2.45, 2.75) is 0 Å². The van der Waals surface area contributed by atoms with Gasteiger partial charge in [0.1, 0.15) is 11.5 Å². The third kappa shape index (κ3) is 5.57. The maximum atomic E-state index is 12.4. The molecular weight excluding hydrogens is 608 g/mol. The quantitative estimate of drug-likeness (QED) is 0.219. The van der Waals surface area contributed by atoms with E-state index >= 15 is 0 Å². The summed E-state index contributed by atoms with van der Waals surface area (Å²) < 4.78 is 17.5. The first-order valence-electron chi connectivity index (χ1n) is 11.0. The number of amides is 2. The number of rotatable bonds is 8. The molecule has 0 atom stereocenters. The summed E-state index contributed by atoms with van der Waals surface area (Å²) >= 11 is 7.05. The number of halogens is 2. The highest BCUT2D eigenvalue weighted by Crippen LogP contribution is 2.34. The van der Waals surface area contributed by atoms with Crippen molar-refractivity contribution in [3.05, 3.63) is 81.7 Å². The summed E-state index contributed by atoms with van der Waals surface area (Å²) in [5.41, 5.74) is 0. The lowest BCUT2D eigenvalue weighted by Gasteiger charge is -2.11. The molecule has 11 heteroatoms. The van der Waals surface area contributed by atoms with Gasteiger partial charge < -0.3 is 20.1 Å². The van der Waals surface area contributed by atoms with E-state index in [1.807, 2.05) is 60.7 Å². The number of benzene rings is 4. The summed E-state index contributed by atoms with van der Waals surface area (Å²) in [4.78, 5) is 24.9. The van der Waals surface area contributed by atoms with Crippen molar-refractivity contribution in [3.63, 3.8) is 0 Å². The minimum Gasteiger partial charge on any atom is -0.483 e. The number of hydrogen-bond acceptors (Lipinski definition) is 7. The Labute approximate surface area is 227 Å². The zero-order valence-electron chi connectivity index (χ0n) is 19.0. The molecule has 0 aliphatic carbocycles. The zero-order valence-corrected chi connectivity index (χ0v) is 22.2. The molecule has 37 heavy (non-hydrogen) atoms. The van der Waals surface area contributed by atoms with Gasteiger partial charge in [-0.25, -0.2) is 4.63 Å². The van der Waals surface area contributed by atoms with Crippen LogP contribution in [-0.2, 0) is 9.59 Å². The van der Waals surface area contributed by atoms with Gasteiger partial charge in [-0.15, -0.1) is 0 Å². The first-order chi connectivity index (χ1) is 18.0. The molecule has 0 spiro atoms. The Kier molecular flexibility index (Phi) is 7.33. The van der Waals surface area contributed by atoms with Crippen molar-refractivity contribution in [3.8, 4) is 11.5 Å². The number of anilines is 2. The van der Waals surface area contributed by atoms with Crippen molar-refractivity contribution in [1.29, 1.82) is 0 Å². The molecule has 9 nitrogen and oxygen atoms in total. The Morgan fingerprint density at radius 2 is 1.11 bits per heavy atom. The van der Waals surface area contributed by atoms with Crippen LogP contribution in [0.1, 0.15) is 0 Å².